The van der Waals surface area contributed by atoms with Gasteiger partial charge in [-0.15, -0.1) is 0 Å². The summed E-state index contributed by atoms with van der Waals surface area (Å²) in [5.74, 6) is -1.27. The minimum absolute atomic E-state index is 0.0688. The van der Waals surface area contributed by atoms with Crippen LogP contribution in [0.25, 0.3) is 0 Å². The summed E-state index contributed by atoms with van der Waals surface area (Å²) < 4.78 is 0. The molecule has 0 aliphatic rings. The third kappa shape index (κ3) is 8.84. The highest BCUT2D eigenvalue weighted by Crippen LogP contribution is 2.04. The number of unbranched alkanes of at least 4 members (excludes halogenated alkanes) is 1. The van der Waals surface area contributed by atoms with E-state index in [4.69, 9.17) is 10.8 Å². The maximum absolute atomic E-state index is 11.4. The standard InChI is InChI=1S/C13H27N3O4/c1-9(17)11(15-2)5-3-4-8-16-12(18)7-6-10(14)13(19)20/h9-11,15,17H,3-8,14H2,1-2H3,(H,16,18)(H,19,20)/t9-,10-,11-/m0/s1. The second-order valence-electron chi connectivity index (χ2n) is 4.96. The van der Waals surface area contributed by atoms with Crippen LogP contribution >= 0.6 is 0 Å². The zero-order chi connectivity index (χ0) is 15.5. The first-order chi connectivity index (χ1) is 9.38. The molecule has 7 nitrogen and oxygen atoms in total. The zero-order valence-corrected chi connectivity index (χ0v) is 12.3. The van der Waals surface area contributed by atoms with E-state index in [1.165, 1.54) is 0 Å². The Hall–Kier alpha value is -1.18. The molecule has 0 fully saturated rings. The maximum atomic E-state index is 11.4. The number of carbonyl (C=O) groups excluding carboxylic acids is 1. The number of carbonyl (C=O) groups is 2. The SMILES string of the molecule is CN[C@@H](CCCCNC(=O)CC[C@H](N)C(=O)O)[C@H](C)O. The van der Waals surface area contributed by atoms with Gasteiger partial charge in [0.25, 0.3) is 0 Å². The Morgan fingerprint density at radius 1 is 1.25 bits per heavy atom. The van der Waals surface area contributed by atoms with Crippen molar-refractivity contribution in [2.75, 3.05) is 13.6 Å². The van der Waals surface area contributed by atoms with Crippen molar-refractivity contribution in [3.05, 3.63) is 0 Å². The van der Waals surface area contributed by atoms with Gasteiger partial charge in [0.15, 0.2) is 0 Å². The highest BCUT2D eigenvalue weighted by Gasteiger charge is 2.13. The molecule has 118 valence electrons. The van der Waals surface area contributed by atoms with Gasteiger partial charge < -0.3 is 26.6 Å². The monoisotopic (exact) mass is 289 g/mol. The molecule has 0 rings (SSSR count). The summed E-state index contributed by atoms with van der Waals surface area (Å²) in [4.78, 5) is 21.9. The molecule has 3 atom stereocenters. The zero-order valence-electron chi connectivity index (χ0n) is 12.3. The third-order valence-corrected chi connectivity index (χ3v) is 3.22. The molecule has 0 aromatic rings. The van der Waals surface area contributed by atoms with Crippen LogP contribution in [0.3, 0.4) is 0 Å². The Kier molecular flexibility index (Phi) is 9.96. The summed E-state index contributed by atoms with van der Waals surface area (Å²) in [6.45, 7) is 2.30. The second-order valence-corrected chi connectivity index (χ2v) is 4.96. The van der Waals surface area contributed by atoms with Crippen LogP contribution in [0.4, 0.5) is 0 Å². The van der Waals surface area contributed by atoms with E-state index in [9.17, 15) is 14.7 Å². The predicted octanol–water partition coefficient (Wildman–Crippen LogP) is -0.566. The fourth-order valence-corrected chi connectivity index (χ4v) is 1.84. The lowest BCUT2D eigenvalue weighted by molar-refractivity contribution is -0.138. The maximum Gasteiger partial charge on any atom is 0.320 e. The van der Waals surface area contributed by atoms with Gasteiger partial charge in [0.05, 0.1) is 6.10 Å². The van der Waals surface area contributed by atoms with E-state index >= 15 is 0 Å². The first kappa shape index (κ1) is 18.8. The molecule has 0 saturated carbocycles. The van der Waals surface area contributed by atoms with Crippen molar-refractivity contribution in [2.45, 2.75) is 57.2 Å². The molecule has 20 heavy (non-hydrogen) atoms. The molecule has 1 amide bonds. The van der Waals surface area contributed by atoms with Crippen LogP contribution in [-0.2, 0) is 9.59 Å². The minimum atomic E-state index is -1.09. The number of hydrogen-bond acceptors (Lipinski definition) is 5. The van der Waals surface area contributed by atoms with Gasteiger partial charge in [0, 0.05) is 19.0 Å². The lowest BCUT2D eigenvalue weighted by Gasteiger charge is -2.18. The highest BCUT2D eigenvalue weighted by molar-refractivity contribution is 5.78. The van der Waals surface area contributed by atoms with Crippen LogP contribution in [0.2, 0.25) is 0 Å². The lowest BCUT2D eigenvalue weighted by Crippen LogP contribution is -2.35. The number of hydrogen-bond donors (Lipinski definition) is 5. The molecule has 0 spiro atoms. The first-order valence-electron chi connectivity index (χ1n) is 6.99. The molecule has 0 heterocycles. The third-order valence-electron chi connectivity index (χ3n) is 3.22. The Morgan fingerprint density at radius 2 is 1.90 bits per heavy atom. The topological polar surface area (TPSA) is 125 Å². The second kappa shape index (κ2) is 10.6. The van der Waals surface area contributed by atoms with E-state index in [-0.39, 0.29) is 24.8 Å². The predicted molar refractivity (Wildman–Crippen MR) is 76.2 cm³/mol. The fourth-order valence-electron chi connectivity index (χ4n) is 1.84. The fraction of sp³-hybridized carbons (Fsp3) is 0.846. The molecule has 0 aromatic carbocycles. The summed E-state index contributed by atoms with van der Waals surface area (Å²) in [6, 6.07) is -0.914. The van der Waals surface area contributed by atoms with Crippen molar-refractivity contribution in [3.8, 4) is 0 Å². The molecule has 0 bridgehead atoms. The Labute approximate surface area is 119 Å². The molecule has 0 aliphatic heterocycles. The van der Waals surface area contributed by atoms with Crippen molar-refractivity contribution >= 4 is 11.9 Å². The number of likely N-dealkylation sites (N-methyl/N-ethyl adjacent to an activating group) is 1. The largest absolute Gasteiger partial charge is 0.480 e. The molecule has 0 radical (unpaired) electrons. The number of carboxylic acid groups (broad SMARTS) is 1. The van der Waals surface area contributed by atoms with E-state index in [0.29, 0.717) is 6.54 Å². The number of nitrogens with one attached hydrogen (secondary N) is 2. The first-order valence-corrected chi connectivity index (χ1v) is 6.99. The summed E-state index contributed by atoms with van der Waals surface area (Å²) in [6.07, 6.45) is 2.43. The van der Waals surface area contributed by atoms with Gasteiger partial charge in [-0.3, -0.25) is 9.59 Å². The summed E-state index contributed by atoms with van der Waals surface area (Å²) >= 11 is 0. The van der Waals surface area contributed by atoms with Crippen molar-refractivity contribution < 1.29 is 19.8 Å². The molecule has 0 aromatic heterocycles. The van der Waals surface area contributed by atoms with Gasteiger partial charge in [-0.05, 0) is 33.2 Å². The molecule has 6 N–H and O–H groups in total. The van der Waals surface area contributed by atoms with Crippen LogP contribution in [0, 0.1) is 0 Å². The number of amides is 1. The summed E-state index contributed by atoms with van der Waals surface area (Å²) in [7, 11) is 1.81. The number of aliphatic hydroxyl groups is 1. The van der Waals surface area contributed by atoms with E-state index in [1.54, 1.807) is 6.92 Å². The van der Waals surface area contributed by atoms with Crippen LogP contribution in [0.5, 0.6) is 0 Å². The van der Waals surface area contributed by atoms with Crippen molar-refractivity contribution in [1.29, 1.82) is 0 Å². The average Bonchev–Trinajstić information content (AvgIpc) is 2.39. The molecule has 0 saturated heterocycles. The number of rotatable bonds is 11. The van der Waals surface area contributed by atoms with Crippen LogP contribution in [0.15, 0.2) is 0 Å². The smallest absolute Gasteiger partial charge is 0.320 e. The van der Waals surface area contributed by atoms with Gasteiger partial charge in [-0.2, -0.15) is 0 Å². The quantitative estimate of drug-likeness (QED) is 0.325. The Balaban J connectivity index is 3.60. The number of aliphatic hydroxyl groups excluding tert-OH is 1. The van der Waals surface area contributed by atoms with Crippen LogP contribution < -0.4 is 16.4 Å². The molecule has 0 aliphatic carbocycles. The van der Waals surface area contributed by atoms with Gasteiger partial charge in [-0.25, -0.2) is 0 Å². The molecule has 0 unspecified atom stereocenters. The van der Waals surface area contributed by atoms with Gasteiger partial charge in [-0.1, -0.05) is 6.42 Å². The van der Waals surface area contributed by atoms with Gasteiger partial charge in [0.1, 0.15) is 6.04 Å². The normalized spacial score (nSPS) is 15.4. The summed E-state index contributed by atoms with van der Waals surface area (Å²) in [5, 5.41) is 23.8. The molecule has 7 heteroatoms. The van der Waals surface area contributed by atoms with Crippen molar-refractivity contribution in [3.63, 3.8) is 0 Å². The van der Waals surface area contributed by atoms with Crippen molar-refractivity contribution in [1.82, 2.24) is 10.6 Å². The Bertz CT molecular complexity index is 297. The van der Waals surface area contributed by atoms with Crippen LogP contribution in [0.1, 0.15) is 39.0 Å². The number of nitrogens with two attached hydrogens (primary N) is 1. The Morgan fingerprint density at radius 3 is 2.40 bits per heavy atom. The van der Waals surface area contributed by atoms with Gasteiger partial charge in [0.2, 0.25) is 5.91 Å². The number of carboxylic acids is 1. The minimum Gasteiger partial charge on any atom is -0.480 e. The highest BCUT2D eigenvalue weighted by atomic mass is 16.4. The summed E-state index contributed by atoms with van der Waals surface area (Å²) in [5.41, 5.74) is 5.31. The van der Waals surface area contributed by atoms with E-state index in [1.807, 2.05) is 7.05 Å². The van der Waals surface area contributed by atoms with E-state index in [0.717, 1.165) is 19.3 Å². The van der Waals surface area contributed by atoms with E-state index in [2.05, 4.69) is 10.6 Å². The number of aliphatic carboxylic acids is 1. The van der Waals surface area contributed by atoms with Gasteiger partial charge >= 0.3 is 5.97 Å². The van der Waals surface area contributed by atoms with Crippen LogP contribution in [-0.4, -0.2) is 53.9 Å². The lowest BCUT2D eigenvalue weighted by atomic mass is 10.1. The van der Waals surface area contributed by atoms with Crippen molar-refractivity contribution in [2.24, 2.45) is 5.73 Å². The molecular weight excluding hydrogens is 262 g/mol. The molecular formula is C13H27N3O4. The average molecular weight is 289 g/mol. The van der Waals surface area contributed by atoms with E-state index < -0.39 is 18.1 Å².